The summed E-state index contributed by atoms with van der Waals surface area (Å²) in [7, 11) is 4.41. The molecule has 6 N–H and O–H groups in total. The summed E-state index contributed by atoms with van der Waals surface area (Å²) in [6.45, 7) is 0.359. The second kappa shape index (κ2) is 24.7. The third-order valence-corrected chi connectivity index (χ3v) is 6.09. The molecular weight excluding hydrogens is 564 g/mol. The Morgan fingerprint density at radius 2 is 0.595 bits per heavy atom. The molecule has 0 amide bonds. The Kier molecular flexibility index (Phi) is 23.2. The third-order valence-electron chi connectivity index (χ3n) is 6.09. The van der Waals surface area contributed by atoms with Crippen LogP contribution in [0.2, 0.25) is 0 Å². The summed E-state index contributed by atoms with van der Waals surface area (Å²) >= 11 is 0. The fourth-order valence-electron chi connectivity index (χ4n) is 4.20. The zero-order chi connectivity index (χ0) is 31.2. The van der Waals surface area contributed by atoms with Gasteiger partial charge in [0.1, 0.15) is 36.6 Å². The zero-order valence-electron chi connectivity index (χ0n) is 25.2. The molecule has 15 heteroatoms. The van der Waals surface area contributed by atoms with Crippen molar-refractivity contribution in [1.29, 1.82) is 0 Å². The molecular formula is C27H54O15. The van der Waals surface area contributed by atoms with Crippen LogP contribution in [0.1, 0.15) is 19.3 Å². The molecule has 0 aromatic carbocycles. The monoisotopic (exact) mass is 618 g/mol. The van der Waals surface area contributed by atoms with Gasteiger partial charge in [0, 0.05) is 21.3 Å². The number of aliphatic hydroxyl groups is 6. The number of ether oxygens (including phenoxy) is 9. The Balaban J connectivity index is 2.53. The lowest BCUT2D eigenvalue weighted by Crippen LogP contribution is -2.41. The van der Waals surface area contributed by atoms with Gasteiger partial charge in [0.15, 0.2) is 0 Å². The summed E-state index contributed by atoms with van der Waals surface area (Å²) < 4.78 is 48.2. The number of rotatable bonds is 27. The van der Waals surface area contributed by atoms with Gasteiger partial charge in [-0.05, 0) is 19.3 Å². The van der Waals surface area contributed by atoms with Crippen LogP contribution < -0.4 is 0 Å². The molecule has 0 aromatic rings. The lowest BCUT2D eigenvalue weighted by molar-refractivity contribution is -0.138. The highest BCUT2D eigenvalue weighted by Crippen LogP contribution is 2.27. The van der Waals surface area contributed by atoms with E-state index in [2.05, 4.69) is 0 Å². The van der Waals surface area contributed by atoms with E-state index < -0.39 is 36.6 Å². The number of aliphatic hydroxyl groups excluding tert-OH is 6. The lowest BCUT2D eigenvalue weighted by atomic mass is 9.92. The van der Waals surface area contributed by atoms with Crippen molar-refractivity contribution in [3.05, 3.63) is 0 Å². The largest absolute Gasteiger partial charge is 0.388 e. The zero-order valence-corrected chi connectivity index (χ0v) is 25.2. The molecule has 42 heavy (non-hydrogen) atoms. The maximum Gasteiger partial charge on any atom is 0.101 e. The summed E-state index contributed by atoms with van der Waals surface area (Å²) in [5.74, 6) is 0. The van der Waals surface area contributed by atoms with E-state index in [1.54, 1.807) is 0 Å². The molecule has 0 bridgehead atoms. The highest BCUT2D eigenvalue weighted by atomic mass is 16.6. The number of methoxy groups -OCH3 is 3. The van der Waals surface area contributed by atoms with Crippen molar-refractivity contribution >= 4 is 0 Å². The van der Waals surface area contributed by atoms with E-state index in [-0.39, 0.29) is 97.6 Å². The van der Waals surface area contributed by atoms with E-state index in [0.29, 0.717) is 19.3 Å². The van der Waals surface area contributed by atoms with E-state index in [1.165, 1.54) is 21.3 Å². The summed E-state index contributed by atoms with van der Waals surface area (Å²) in [6.07, 6.45) is -4.65. The summed E-state index contributed by atoms with van der Waals surface area (Å²) in [6, 6.07) is 0. The topological polar surface area (TPSA) is 204 Å². The second-order valence-electron chi connectivity index (χ2n) is 10.5. The molecule has 0 aromatic heterocycles. The number of hydrogen-bond acceptors (Lipinski definition) is 15. The van der Waals surface area contributed by atoms with Gasteiger partial charge in [0.05, 0.1) is 97.6 Å². The molecule has 0 saturated heterocycles. The Morgan fingerprint density at radius 3 is 0.810 bits per heavy atom. The van der Waals surface area contributed by atoms with Crippen molar-refractivity contribution in [2.24, 2.45) is 0 Å². The van der Waals surface area contributed by atoms with Gasteiger partial charge < -0.3 is 73.3 Å². The predicted molar refractivity (Wildman–Crippen MR) is 147 cm³/mol. The quantitative estimate of drug-likeness (QED) is 0.0562. The molecule has 1 fully saturated rings. The van der Waals surface area contributed by atoms with Crippen molar-refractivity contribution in [2.45, 2.75) is 74.2 Å². The van der Waals surface area contributed by atoms with Gasteiger partial charge in [-0.1, -0.05) is 0 Å². The van der Waals surface area contributed by atoms with Gasteiger partial charge in [-0.2, -0.15) is 0 Å². The average molecular weight is 619 g/mol. The van der Waals surface area contributed by atoms with Gasteiger partial charge in [-0.25, -0.2) is 0 Å². The maximum absolute atomic E-state index is 10.2. The second-order valence-corrected chi connectivity index (χ2v) is 10.5. The molecule has 1 saturated carbocycles. The van der Waals surface area contributed by atoms with Crippen LogP contribution in [0.15, 0.2) is 0 Å². The predicted octanol–water partition coefficient (Wildman–Crippen LogP) is -2.52. The van der Waals surface area contributed by atoms with Crippen LogP contribution in [0.5, 0.6) is 0 Å². The molecule has 0 heterocycles. The SMILES string of the molecule is COCC(O)COCC(O)COC1CC(OCC(O)COCC(O)COC)CC(OCC(O)COCC(O)COC)C1. The van der Waals surface area contributed by atoms with Crippen LogP contribution in [0.3, 0.4) is 0 Å². The molecule has 1 aliphatic carbocycles. The van der Waals surface area contributed by atoms with Crippen molar-refractivity contribution in [2.75, 3.05) is 101 Å². The molecule has 252 valence electrons. The van der Waals surface area contributed by atoms with E-state index in [1.807, 2.05) is 0 Å². The van der Waals surface area contributed by atoms with E-state index in [0.717, 1.165) is 0 Å². The molecule has 0 aliphatic heterocycles. The lowest BCUT2D eigenvalue weighted by Gasteiger charge is -2.35. The van der Waals surface area contributed by atoms with E-state index >= 15 is 0 Å². The van der Waals surface area contributed by atoms with Crippen molar-refractivity contribution in [3.63, 3.8) is 0 Å². The smallest absolute Gasteiger partial charge is 0.101 e. The molecule has 15 nitrogen and oxygen atoms in total. The minimum absolute atomic E-state index is 0.00892. The van der Waals surface area contributed by atoms with Crippen molar-refractivity contribution in [1.82, 2.24) is 0 Å². The average Bonchev–Trinajstić information content (AvgIpc) is 2.94. The van der Waals surface area contributed by atoms with Gasteiger partial charge in [-0.15, -0.1) is 0 Å². The van der Waals surface area contributed by atoms with Crippen molar-refractivity contribution < 1.29 is 73.3 Å². The van der Waals surface area contributed by atoms with Gasteiger partial charge >= 0.3 is 0 Å². The first-order valence-corrected chi connectivity index (χ1v) is 14.3. The summed E-state index contributed by atoms with van der Waals surface area (Å²) in [5.41, 5.74) is 0. The summed E-state index contributed by atoms with van der Waals surface area (Å²) in [4.78, 5) is 0. The van der Waals surface area contributed by atoms with Gasteiger partial charge in [0.2, 0.25) is 0 Å². The fraction of sp³-hybridized carbons (Fsp3) is 1.00. The molecule has 6 atom stereocenters. The maximum atomic E-state index is 10.2. The highest BCUT2D eigenvalue weighted by Gasteiger charge is 2.32. The first kappa shape index (κ1) is 39.4. The van der Waals surface area contributed by atoms with Crippen LogP contribution in [-0.4, -0.2) is 186 Å². The van der Waals surface area contributed by atoms with Gasteiger partial charge in [0.25, 0.3) is 0 Å². The molecule has 1 rings (SSSR count). The fourth-order valence-corrected chi connectivity index (χ4v) is 4.20. The Bertz CT molecular complexity index is 531. The van der Waals surface area contributed by atoms with Crippen LogP contribution in [0, 0.1) is 0 Å². The van der Waals surface area contributed by atoms with Crippen LogP contribution in [-0.2, 0) is 42.6 Å². The first-order chi connectivity index (χ1) is 20.2. The third kappa shape index (κ3) is 20.4. The van der Waals surface area contributed by atoms with Crippen LogP contribution in [0.25, 0.3) is 0 Å². The molecule has 0 spiro atoms. The van der Waals surface area contributed by atoms with Crippen LogP contribution in [0.4, 0.5) is 0 Å². The first-order valence-electron chi connectivity index (χ1n) is 14.3. The Morgan fingerprint density at radius 1 is 0.381 bits per heavy atom. The Labute approximate surface area is 248 Å². The summed E-state index contributed by atoms with van der Waals surface area (Å²) in [5, 5.41) is 59.7. The minimum Gasteiger partial charge on any atom is -0.388 e. The van der Waals surface area contributed by atoms with Gasteiger partial charge in [-0.3, -0.25) is 0 Å². The molecule has 6 unspecified atom stereocenters. The number of hydrogen-bond donors (Lipinski definition) is 6. The minimum atomic E-state index is -0.916. The molecule has 1 aliphatic rings. The normalized spacial score (nSPS) is 23.8. The highest BCUT2D eigenvalue weighted by molar-refractivity contribution is 4.82. The standard InChI is InChI=1S/C27H54O15/c1-34-7-19(28)10-37-13-22(31)16-40-25-4-26(41-17-23(32)14-38-11-20(29)8-35-2)6-27(5-25)42-18-24(33)15-39-12-21(30)9-36-3/h19-33H,4-18H2,1-3H3. The van der Waals surface area contributed by atoms with Crippen LogP contribution >= 0.6 is 0 Å². The van der Waals surface area contributed by atoms with E-state index in [9.17, 15) is 30.6 Å². The van der Waals surface area contributed by atoms with Crippen molar-refractivity contribution in [3.8, 4) is 0 Å². The molecule has 0 radical (unpaired) electrons. The Hall–Kier alpha value is -0.600. The van der Waals surface area contributed by atoms with E-state index in [4.69, 9.17) is 42.6 Å².